The van der Waals surface area contributed by atoms with Crippen LogP contribution in [0.2, 0.25) is 0 Å². The normalized spacial score (nSPS) is 25.3. The molecule has 23 heavy (non-hydrogen) atoms. The summed E-state index contributed by atoms with van der Waals surface area (Å²) < 4.78 is 0. The largest absolute Gasteiger partial charge is 0.326 e. The summed E-state index contributed by atoms with van der Waals surface area (Å²) >= 11 is 0. The third kappa shape index (κ3) is 2.87. The van der Waals surface area contributed by atoms with E-state index in [1.54, 1.807) is 24.3 Å². The second-order valence-electron chi connectivity index (χ2n) is 5.84. The summed E-state index contributed by atoms with van der Waals surface area (Å²) in [5.41, 5.74) is 0.322. The molecule has 1 heterocycles. The molecule has 2 fully saturated rings. The van der Waals surface area contributed by atoms with Crippen molar-refractivity contribution >= 4 is 35.1 Å². The fourth-order valence-electron chi connectivity index (χ4n) is 2.87. The maximum absolute atomic E-state index is 12.2. The number of carbonyl (C=O) groups excluding carboxylic acids is 4. The molecule has 8 heteroatoms. The fourth-order valence-corrected chi connectivity index (χ4v) is 2.87. The van der Waals surface area contributed by atoms with Crippen LogP contribution in [0.4, 0.5) is 16.2 Å². The van der Waals surface area contributed by atoms with Gasteiger partial charge in [0.1, 0.15) is 5.54 Å². The van der Waals surface area contributed by atoms with Gasteiger partial charge in [0.2, 0.25) is 11.8 Å². The smallest absolute Gasteiger partial charge is 0.322 e. The average molecular weight is 316 g/mol. The Bertz CT molecular complexity index is 692. The molecule has 0 aromatic heterocycles. The van der Waals surface area contributed by atoms with E-state index >= 15 is 0 Å². The molecule has 5 amide bonds. The molecular weight excluding hydrogens is 300 g/mol. The van der Waals surface area contributed by atoms with Crippen LogP contribution in [0.25, 0.3) is 0 Å². The summed E-state index contributed by atoms with van der Waals surface area (Å²) in [5.74, 6) is -1.06. The van der Waals surface area contributed by atoms with E-state index in [1.165, 1.54) is 6.92 Å². The predicted molar refractivity (Wildman–Crippen MR) is 81.5 cm³/mol. The molecule has 120 valence electrons. The number of hydrogen-bond acceptors (Lipinski definition) is 4. The number of carbonyl (C=O) groups is 4. The van der Waals surface area contributed by atoms with Crippen LogP contribution in [0.1, 0.15) is 19.8 Å². The van der Waals surface area contributed by atoms with E-state index in [0.29, 0.717) is 24.2 Å². The minimum atomic E-state index is -0.922. The van der Waals surface area contributed by atoms with Crippen molar-refractivity contribution in [2.24, 2.45) is 5.92 Å². The molecule has 1 aliphatic carbocycles. The van der Waals surface area contributed by atoms with Crippen LogP contribution in [-0.4, -0.2) is 29.3 Å². The van der Waals surface area contributed by atoms with Gasteiger partial charge in [-0.2, -0.15) is 0 Å². The molecule has 1 aliphatic heterocycles. The first-order valence-electron chi connectivity index (χ1n) is 7.20. The fraction of sp³-hybridized carbons (Fsp3) is 0.333. The predicted octanol–water partition coefficient (Wildman–Crippen LogP) is 0.572. The molecule has 1 saturated heterocycles. The number of nitrogens with one attached hydrogen (secondary N) is 4. The Kier molecular flexibility index (Phi) is 3.51. The van der Waals surface area contributed by atoms with Gasteiger partial charge < -0.3 is 16.0 Å². The topological polar surface area (TPSA) is 116 Å². The number of amides is 5. The van der Waals surface area contributed by atoms with E-state index in [9.17, 15) is 19.2 Å². The maximum Gasteiger partial charge on any atom is 0.322 e. The quantitative estimate of drug-likeness (QED) is 0.610. The number of urea groups is 1. The van der Waals surface area contributed by atoms with Gasteiger partial charge in [0.25, 0.3) is 5.91 Å². The lowest BCUT2D eigenvalue weighted by Gasteiger charge is -2.41. The Balaban J connectivity index is 1.55. The summed E-state index contributed by atoms with van der Waals surface area (Å²) in [7, 11) is 0. The van der Waals surface area contributed by atoms with Gasteiger partial charge in [-0.3, -0.25) is 19.7 Å². The van der Waals surface area contributed by atoms with Crippen LogP contribution in [-0.2, 0) is 14.4 Å². The summed E-state index contributed by atoms with van der Waals surface area (Å²) in [6, 6.07) is 6.22. The van der Waals surface area contributed by atoms with Crippen molar-refractivity contribution in [2.75, 3.05) is 10.6 Å². The number of benzene rings is 1. The van der Waals surface area contributed by atoms with Crippen molar-refractivity contribution in [3.05, 3.63) is 24.3 Å². The van der Waals surface area contributed by atoms with Gasteiger partial charge >= 0.3 is 6.03 Å². The van der Waals surface area contributed by atoms with Gasteiger partial charge in [-0.25, -0.2) is 4.79 Å². The molecule has 3 rings (SSSR count). The molecule has 0 bridgehead atoms. The molecule has 0 unspecified atom stereocenters. The second-order valence-corrected chi connectivity index (χ2v) is 5.84. The van der Waals surface area contributed by atoms with Gasteiger partial charge in [0.15, 0.2) is 0 Å². The lowest BCUT2D eigenvalue weighted by atomic mass is 9.68. The molecule has 0 radical (unpaired) electrons. The molecule has 2 aliphatic rings. The standard InChI is InChI=1S/C15H16N4O4/c1-8(20)16-10-2-4-11(5-3-10)17-12(21)9-6-15(7-9)13(22)18-14(23)19-15/h2-5,9H,6-7H2,1H3,(H,16,20)(H,17,21)(H2,18,19,22,23). The lowest BCUT2D eigenvalue weighted by molar-refractivity contribution is -0.133. The van der Waals surface area contributed by atoms with Crippen molar-refractivity contribution in [2.45, 2.75) is 25.3 Å². The highest BCUT2D eigenvalue weighted by atomic mass is 16.2. The molecule has 8 nitrogen and oxygen atoms in total. The van der Waals surface area contributed by atoms with Crippen LogP contribution in [0.15, 0.2) is 24.3 Å². The van der Waals surface area contributed by atoms with Crippen molar-refractivity contribution in [1.82, 2.24) is 10.6 Å². The maximum atomic E-state index is 12.2. The molecule has 0 atom stereocenters. The van der Waals surface area contributed by atoms with Gasteiger partial charge in [0, 0.05) is 24.2 Å². The minimum Gasteiger partial charge on any atom is -0.326 e. The minimum absolute atomic E-state index is 0.168. The van der Waals surface area contributed by atoms with E-state index in [2.05, 4.69) is 21.3 Å². The van der Waals surface area contributed by atoms with E-state index in [4.69, 9.17) is 0 Å². The Morgan fingerprint density at radius 2 is 1.65 bits per heavy atom. The van der Waals surface area contributed by atoms with Crippen molar-refractivity contribution in [3.8, 4) is 0 Å². The Labute approximate surface area is 132 Å². The average Bonchev–Trinajstić information content (AvgIpc) is 2.73. The highest BCUT2D eigenvalue weighted by Gasteiger charge is 2.57. The van der Waals surface area contributed by atoms with Gasteiger partial charge in [-0.05, 0) is 37.1 Å². The zero-order valence-electron chi connectivity index (χ0n) is 12.4. The van der Waals surface area contributed by atoms with Crippen molar-refractivity contribution in [3.63, 3.8) is 0 Å². The molecule has 4 N–H and O–H groups in total. The summed E-state index contributed by atoms with van der Waals surface area (Å²) in [4.78, 5) is 45.9. The number of anilines is 2. The first kappa shape index (κ1) is 15.0. The zero-order chi connectivity index (χ0) is 16.6. The molecule has 1 aromatic carbocycles. The highest BCUT2D eigenvalue weighted by Crippen LogP contribution is 2.40. The van der Waals surface area contributed by atoms with Crippen LogP contribution in [0, 0.1) is 5.92 Å². The zero-order valence-corrected chi connectivity index (χ0v) is 12.4. The SMILES string of the molecule is CC(=O)Nc1ccc(NC(=O)C2CC3(C2)NC(=O)NC3=O)cc1. The van der Waals surface area contributed by atoms with Crippen LogP contribution < -0.4 is 21.3 Å². The Morgan fingerprint density at radius 3 is 2.13 bits per heavy atom. The summed E-state index contributed by atoms with van der Waals surface area (Å²) in [6.07, 6.45) is 0.584. The molecule has 1 spiro atoms. The Hall–Kier alpha value is -2.90. The monoisotopic (exact) mass is 316 g/mol. The third-order valence-corrected chi connectivity index (χ3v) is 4.05. The van der Waals surface area contributed by atoms with Crippen molar-refractivity contribution < 1.29 is 19.2 Å². The lowest BCUT2D eigenvalue weighted by Crippen LogP contribution is -2.59. The van der Waals surface area contributed by atoms with Gasteiger partial charge in [0.05, 0.1) is 0 Å². The van der Waals surface area contributed by atoms with Crippen molar-refractivity contribution in [1.29, 1.82) is 0 Å². The first-order chi connectivity index (χ1) is 10.9. The molecule has 1 aromatic rings. The second kappa shape index (κ2) is 5.38. The van der Waals surface area contributed by atoms with E-state index in [1.807, 2.05) is 0 Å². The molecular formula is C15H16N4O4. The van der Waals surface area contributed by atoms with E-state index in [-0.39, 0.29) is 23.6 Å². The summed E-state index contributed by atoms with van der Waals surface area (Å²) in [6.45, 7) is 1.42. The molecule has 1 saturated carbocycles. The van der Waals surface area contributed by atoms with Crippen LogP contribution in [0.5, 0.6) is 0 Å². The number of imide groups is 1. The van der Waals surface area contributed by atoms with Crippen LogP contribution >= 0.6 is 0 Å². The van der Waals surface area contributed by atoms with Gasteiger partial charge in [-0.15, -0.1) is 0 Å². The number of hydrogen-bond donors (Lipinski definition) is 4. The summed E-state index contributed by atoms with van der Waals surface area (Å²) in [5, 5.41) is 10.2. The highest BCUT2D eigenvalue weighted by molar-refractivity contribution is 6.09. The van der Waals surface area contributed by atoms with E-state index in [0.717, 1.165) is 0 Å². The first-order valence-corrected chi connectivity index (χ1v) is 7.20. The number of rotatable bonds is 3. The van der Waals surface area contributed by atoms with E-state index < -0.39 is 11.6 Å². The Morgan fingerprint density at radius 1 is 1.09 bits per heavy atom. The van der Waals surface area contributed by atoms with Crippen LogP contribution in [0.3, 0.4) is 0 Å². The van der Waals surface area contributed by atoms with Gasteiger partial charge in [-0.1, -0.05) is 0 Å². The third-order valence-electron chi connectivity index (χ3n) is 4.05.